The number of rotatable bonds is 6. The van der Waals surface area contributed by atoms with E-state index in [-0.39, 0.29) is 5.78 Å². The molecule has 0 heterocycles. The zero-order chi connectivity index (χ0) is 15.9. The number of carbonyl (C=O) groups excluding carboxylic acids is 1. The highest BCUT2D eigenvalue weighted by Crippen LogP contribution is 2.19. The van der Waals surface area contributed by atoms with Crippen LogP contribution in [0.15, 0.2) is 42.5 Å². The fourth-order valence-corrected chi connectivity index (χ4v) is 2.13. The van der Waals surface area contributed by atoms with Crippen molar-refractivity contribution < 1.29 is 9.53 Å². The second-order valence-electron chi connectivity index (χ2n) is 4.97. The molecule has 4 heteroatoms. The Balaban J connectivity index is 1.98. The number of nitrogens with zero attached hydrogens (tertiary/aromatic N) is 1. The van der Waals surface area contributed by atoms with Crippen molar-refractivity contribution >= 4 is 11.5 Å². The van der Waals surface area contributed by atoms with Gasteiger partial charge in [0, 0.05) is 17.8 Å². The monoisotopic (exact) mass is 294 g/mol. The van der Waals surface area contributed by atoms with Crippen molar-refractivity contribution in [2.45, 2.75) is 13.8 Å². The van der Waals surface area contributed by atoms with Gasteiger partial charge in [-0.25, -0.2) is 0 Å². The van der Waals surface area contributed by atoms with Crippen LogP contribution in [0.3, 0.4) is 0 Å². The lowest BCUT2D eigenvalue weighted by atomic mass is 10.1. The normalized spacial score (nSPS) is 9.86. The molecule has 22 heavy (non-hydrogen) atoms. The topological polar surface area (TPSA) is 62.1 Å². The predicted molar refractivity (Wildman–Crippen MR) is 86.3 cm³/mol. The van der Waals surface area contributed by atoms with Crippen LogP contribution in [0.5, 0.6) is 5.75 Å². The van der Waals surface area contributed by atoms with Crippen LogP contribution in [0.1, 0.15) is 28.4 Å². The van der Waals surface area contributed by atoms with E-state index in [1.165, 1.54) is 6.92 Å². The molecule has 0 atom stereocenters. The quantitative estimate of drug-likeness (QED) is 0.653. The fourth-order valence-electron chi connectivity index (χ4n) is 2.13. The first-order valence-electron chi connectivity index (χ1n) is 7.09. The molecule has 2 aromatic carbocycles. The predicted octanol–water partition coefficient (Wildman–Crippen LogP) is 3.56. The van der Waals surface area contributed by atoms with Gasteiger partial charge >= 0.3 is 0 Å². The Hall–Kier alpha value is -2.80. The summed E-state index contributed by atoms with van der Waals surface area (Å²) in [6, 6.07) is 14.9. The summed E-state index contributed by atoms with van der Waals surface area (Å²) in [4.78, 5) is 11.6. The maximum absolute atomic E-state index is 11.6. The van der Waals surface area contributed by atoms with Crippen LogP contribution < -0.4 is 10.1 Å². The summed E-state index contributed by atoms with van der Waals surface area (Å²) in [6.45, 7) is 4.52. The minimum atomic E-state index is -0.0354. The van der Waals surface area contributed by atoms with Gasteiger partial charge in [0.25, 0.3) is 0 Å². The second-order valence-corrected chi connectivity index (χ2v) is 4.97. The first kappa shape index (κ1) is 15.6. The number of hydrogen-bond donors (Lipinski definition) is 1. The van der Waals surface area contributed by atoms with Gasteiger partial charge in [0.1, 0.15) is 12.4 Å². The van der Waals surface area contributed by atoms with Crippen molar-refractivity contribution in [3.63, 3.8) is 0 Å². The number of nitriles is 1. The van der Waals surface area contributed by atoms with E-state index in [2.05, 4.69) is 11.4 Å². The summed E-state index contributed by atoms with van der Waals surface area (Å²) in [5, 5.41) is 12.1. The van der Waals surface area contributed by atoms with Gasteiger partial charge in [-0.1, -0.05) is 18.2 Å². The second kappa shape index (κ2) is 7.28. The number of anilines is 1. The number of hydrogen-bond acceptors (Lipinski definition) is 4. The van der Waals surface area contributed by atoms with Crippen LogP contribution in [0.2, 0.25) is 0 Å². The Bertz CT molecular complexity index is 717. The molecule has 4 nitrogen and oxygen atoms in total. The SMILES string of the molecule is CC(=O)c1ccc(C#N)cc1NCCOc1ccccc1C. The molecule has 0 radical (unpaired) electrons. The standard InChI is InChI=1S/C18H18N2O2/c1-13-5-3-4-6-18(13)22-10-9-20-17-11-15(12-19)7-8-16(17)14(2)21/h3-8,11,20H,9-10H2,1-2H3. The molecule has 112 valence electrons. The molecule has 0 aliphatic rings. The third kappa shape index (κ3) is 3.86. The molecule has 0 saturated heterocycles. The van der Waals surface area contributed by atoms with Gasteiger partial charge < -0.3 is 10.1 Å². The zero-order valence-electron chi connectivity index (χ0n) is 12.7. The molecule has 0 spiro atoms. The first-order chi connectivity index (χ1) is 10.6. The van der Waals surface area contributed by atoms with Crippen LogP contribution in [0.4, 0.5) is 5.69 Å². The molecular formula is C18H18N2O2. The summed E-state index contributed by atoms with van der Waals surface area (Å²) < 4.78 is 5.70. The van der Waals surface area contributed by atoms with Crippen molar-refractivity contribution in [1.29, 1.82) is 5.26 Å². The molecule has 0 aliphatic heterocycles. The Labute approximate surface area is 130 Å². The Morgan fingerprint density at radius 2 is 2.05 bits per heavy atom. The van der Waals surface area contributed by atoms with Gasteiger partial charge in [0.05, 0.1) is 11.6 Å². The van der Waals surface area contributed by atoms with Crippen molar-refractivity contribution in [3.05, 3.63) is 59.2 Å². The number of para-hydroxylation sites is 1. The van der Waals surface area contributed by atoms with E-state index >= 15 is 0 Å². The highest BCUT2D eigenvalue weighted by molar-refractivity contribution is 5.99. The number of aryl methyl sites for hydroxylation is 1. The van der Waals surface area contributed by atoms with E-state index in [0.717, 1.165) is 11.3 Å². The molecule has 2 rings (SSSR count). The molecule has 0 aromatic heterocycles. The summed E-state index contributed by atoms with van der Waals surface area (Å²) in [5.74, 6) is 0.814. The molecule has 1 N–H and O–H groups in total. The average molecular weight is 294 g/mol. The molecule has 0 fully saturated rings. The van der Waals surface area contributed by atoms with Gasteiger partial charge in [-0.05, 0) is 43.7 Å². The van der Waals surface area contributed by atoms with Crippen LogP contribution in [0, 0.1) is 18.3 Å². The lowest BCUT2D eigenvalue weighted by molar-refractivity contribution is 0.101. The van der Waals surface area contributed by atoms with Gasteiger partial charge in [-0.2, -0.15) is 5.26 Å². The van der Waals surface area contributed by atoms with Gasteiger partial charge in [0.2, 0.25) is 0 Å². The number of ketones is 1. The van der Waals surface area contributed by atoms with E-state index in [1.807, 2.05) is 31.2 Å². The minimum Gasteiger partial charge on any atom is -0.491 e. The molecule has 0 aliphatic carbocycles. The lowest BCUT2D eigenvalue weighted by Crippen LogP contribution is -2.14. The molecule has 2 aromatic rings. The molecule has 0 bridgehead atoms. The number of nitrogens with one attached hydrogen (secondary N) is 1. The Morgan fingerprint density at radius 3 is 2.73 bits per heavy atom. The molecule has 0 amide bonds. The smallest absolute Gasteiger partial charge is 0.161 e. The Kier molecular flexibility index (Phi) is 5.16. The van der Waals surface area contributed by atoms with Crippen LogP contribution in [0.25, 0.3) is 0 Å². The largest absolute Gasteiger partial charge is 0.491 e. The molecule has 0 saturated carbocycles. The number of carbonyl (C=O) groups is 1. The third-order valence-electron chi connectivity index (χ3n) is 3.30. The maximum Gasteiger partial charge on any atom is 0.161 e. The maximum atomic E-state index is 11.6. The number of benzene rings is 2. The third-order valence-corrected chi connectivity index (χ3v) is 3.30. The van der Waals surface area contributed by atoms with Gasteiger partial charge in [0.15, 0.2) is 5.78 Å². The fraction of sp³-hybridized carbons (Fsp3) is 0.222. The van der Waals surface area contributed by atoms with Crippen molar-refractivity contribution in [2.24, 2.45) is 0 Å². The zero-order valence-corrected chi connectivity index (χ0v) is 12.7. The van der Waals surface area contributed by atoms with E-state index < -0.39 is 0 Å². The van der Waals surface area contributed by atoms with E-state index in [4.69, 9.17) is 10.00 Å². The minimum absolute atomic E-state index is 0.0354. The molecular weight excluding hydrogens is 276 g/mol. The first-order valence-corrected chi connectivity index (χ1v) is 7.09. The van der Waals surface area contributed by atoms with E-state index in [0.29, 0.717) is 30.0 Å². The summed E-state index contributed by atoms with van der Waals surface area (Å²) in [7, 11) is 0. The summed E-state index contributed by atoms with van der Waals surface area (Å²) in [5.41, 5.74) is 2.85. The average Bonchev–Trinajstić information content (AvgIpc) is 2.52. The van der Waals surface area contributed by atoms with E-state index in [9.17, 15) is 4.79 Å². The van der Waals surface area contributed by atoms with Crippen molar-refractivity contribution in [1.82, 2.24) is 0 Å². The van der Waals surface area contributed by atoms with Crippen LogP contribution in [-0.2, 0) is 0 Å². The van der Waals surface area contributed by atoms with Gasteiger partial charge in [-0.3, -0.25) is 4.79 Å². The van der Waals surface area contributed by atoms with Crippen LogP contribution in [-0.4, -0.2) is 18.9 Å². The Morgan fingerprint density at radius 1 is 1.27 bits per heavy atom. The highest BCUT2D eigenvalue weighted by Gasteiger charge is 2.08. The molecule has 0 unspecified atom stereocenters. The van der Waals surface area contributed by atoms with Crippen LogP contribution >= 0.6 is 0 Å². The summed E-state index contributed by atoms with van der Waals surface area (Å²) in [6.07, 6.45) is 0. The number of Topliss-reactive ketones (excluding diaryl/α,β-unsaturated/α-hetero) is 1. The van der Waals surface area contributed by atoms with Gasteiger partial charge in [-0.15, -0.1) is 0 Å². The van der Waals surface area contributed by atoms with Crippen molar-refractivity contribution in [3.8, 4) is 11.8 Å². The number of ether oxygens (including phenoxy) is 1. The lowest BCUT2D eigenvalue weighted by Gasteiger charge is -2.12. The summed E-state index contributed by atoms with van der Waals surface area (Å²) >= 11 is 0. The van der Waals surface area contributed by atoms with Crippen molar-refractivity contribution in [2.75, 3.05) is 18.5 Å². The highest BCUT2D eigenvalue weighted by atomic mass is 16.5. The van der Waals surface area contributed by atoms with E-state index in [1.54, 1.807) is 18.2 Å².